The summed E-state index contributed by atoms with van der Waals surface area (Å²) in [7, 11) is 0. The number of aryl methyl sites for hydroxylation is 1. The molecule has 0 saturated carbocycles. The monoisotopic (exact) mass is 366 g/mol. The Morgan fingerprint density at radius 1 is 1.23 bits per heavy atom. The molecule has 0 saturated heterocycles. The normalized spacial score (nSPS) is 11.7. The Labute approximate surface area is 157 Å². The van der Waals surface area contributed by atoms with Gasteiger partial charge in [-0.2, -0.15) is 0 Å². The molecular formula is C19H34N4O3. The van der Waals surface area contributed by atoms with E-state index in [1.54, 1.807) is 6.07 Å². The minimum Gasteiger partial charge on any atom is -0.459 e. The fourth-order valence-corrected chi connectivity index (χ4v) is 2.16. The van der Waals surface area contributed by atoms with Crippen molar-refractivity contribution >= 4 is 11.9 Å². The molecule has 0 bridgehead atoms. The number of amides is 1. The van der Waals surface area contributed by atoms with Gasteiger partial charge in [0.25, 0.3) is 5.91 Å². The average Bonchev–Trinajstić information content (AvgIpc) is 3.03. The highest BCUT2D eigenvalue weighted by Gasteiger charge is 2.11. The molecule has 0 aliphatic rings. The van der Waals surface area contributed by atoms with Gasteiger partial charge in [0.05, 0.1) is 12.9 Å². The smallest absolute Gasteiger partial charge is 0.287 e. The third-order valence-electron chi connectivity index (χ3n) is 3.68. The molecule has 0 unspecified atom stereocenters. The number of aliphatic imine (C=N–C) groups is 1. The first kappa shape index (κ1) is 22.0. The molecule has 7 heteroatoms. The summed E-state index contributed by atoms with van der Waals surface area (Å²) in [5.74, 6) is 1.63. The van der Waals surface area contributed by atoms with Gasteiger partial charge in [-0.05, 0) is 38.7 Å². The maximum absolute atomic E-state index is 11.9. The highest BCUT2D eigenvalue weighted by atomic mass is 16.5. The fraction of sp³-hybridized carbons (Fsp3) is 0.684. The molecule has 0 aromatic carbocycles. The van der Waals surface area contributed by atoms with Crippen LogP contribution in [0.4, 0.5) is 0 Å². The first-order valence-corrected chi connectivity index (χ1v) is 9.46. The van der Waals surface area contributed by atoms with Gasteiger partial charge in [-0.1, -0.05) is 13.8 Å². The molecule has 1 amide bonds. The van der Waals surface area contributed by atoms with E-state index in [0.29, 0.717) is 31.4 Å². The van der Waals surface area contributed by atoms with Crippen LogP contribution >= 0.6 is 0 Å². The first-order valence-electron chi connectivity index (χ1n) is 9.46. The van der Waals surface area contributed by atoms with Gasteiger partial charge in [-0.3, -0.25) is 9.79 Å². The highest BCUT2D eigenvalue weighted by Crippen LogP contribution is 2.07. The summed E-state index contributed by atoms with van der Waals surface area (Å²) in [6, 6.07) is 1.78. The van der Waals surface area contributed by atoms with E-state index in [9.17, 15) is 4.79 Å². The lowest BCUT2D eigenvalue weighted by atomic mass is 10.1. The lowest BCUT2D eigenvalue weighted by Gasteiger charge is -2.12. The van der Waals surface area contributed by atoms with E-state index >= 15 is 0 Å². The van der Waals surface area contributed by atoms with Crippen LogP contribution in [0.5, 0.6) is 0 Å². The highest BCUT2D eigenvalue weighted by molar-refractivity contribution is 5.92. The number of carbonyl (C=O) groups is 1. The van der Waals surface area contributed by atoms with Crippen LogP contribution in [0.1, 0.15) is 49.7 Å². The molecular weight excluding hydrogens is 332 g/mol. The van der Waals surface area contributed by atoms with E-state index < -0.39 is 0 Å². The van der Waals surface area contributed by atoms with Crippen LogP contribution < -0.4 is 16.0 Å². The Balaban J connectivity index is 2.18. The van der Waals surface area contributed by atoms with Gasteiger partial charge in [-0.25, -0.2) is 0 Å². The van der Waals surface area contributed by atoms with Crippen molar-refractivity contribution in [3.8, 4) is 0 Å². The maximum atomic E-state index is 11.9. The molecule has 1 rings (SSSR count). The van der Waals surface area contributed by atoms with Gasteiger partial charge in [0, 0.05) is 38.3 Å². The van der Waals surface area contributed by atoms with E-state index in [1.165, 1.54) is 6.26 Å². The van der Waals surface area contributed by atoms with Crippen molar-refractivity contribution in [1.29, 1.82) is 0 Å². The molecule has 0 radical (unpaired) electrons. The maximum Gasteiger partial charge on any atom is 0.287 e. The molecule has 7 nitrogen and oxygen atoms in total. The van der Waals surface area contributed by atoms with Gasteiger partial charge < -0.3 is 25.1 Å². The van der Waals surface area contributed by atoms with E-state index in [-0.39, 0.29) is 5.91 Å². The number of furan rings is 1. The number of ether oxygens (including phenoxy) is 1. The molecule has 1 aromatic rings. The van der Waals surface area contributed by atoms with Gasteiger partial charge in [0.15, 0.2) is 11.7 Å². The van der Waals surface area contributed by atoms with Crippen LogP contribution in [0.3, 0.4) is 0 Å². The number of rotatable bonds is 12. The second kappa shape index (κ2) is 13.2. The molecule has 0 atom stereocenters. The van der Waals surface area contributed by atoms with Gasteiger partial charge in [-0.15, -0.1) is 0 Å². The van der Waals surface area contributed by atoms with Gasteiger partial charge in [0.1, 0.15) is 0 Å². The van der Waals surface area contributed by atoms with Crippen molar-refractivity contribution < 1.29 is 13.9 Å². The van der Waals surface area contributed by atoms with E-state index in [1.807, 2.05) is 13.8 Å². The van der Waals surface area contributed by atoms with Crippen LogP contribution in [0.2, 0.25) is 0 Å². The van der Waals surface area contributed by atoms with Crippen LogP contribution in [0, 0.1) is 12.8 Å². The minimum atomic E-state index is -0.181. The minimum absolute atomic E-state index is 0.181. The summed E-state index contributed by atoms with van der Waals surface area (Å²) in [5, 5.41) is 9.30. The summed E-state index contributed by atoms with van der Waals surface area (Å²) < 4.78 is 10.8. The number of hydrogen-bond acceptors (Lipinski definition) is 4. The zero-order valence-corrected chi connectivity index (χ0v) is 16.6. The number of nitrogens with one attached hydrogen (secondary N) is 3. The Morgan fingerprint density at radius 3 is 2.69 bits per heavy atom. The predicted octanol–water partition coefficient (Wildman–Crippen LogP) is 2.33. The third-order valence-corrected chi connectivity index (χ3v) is 3.68. The van der Waals surface area contributed by atoms with Crippen molar-refractivity contribution in [3.63, 3.8) is 0 Å². The van der Waals surface area contributed by atoms with Crippen LogP contribution in [-0.4, -0.2) is 51.3 Å². The molecule has 148 valence electrons. The molecule has 0 aliphatic heterocycles. The summed E-state index contributed by atoms with van der Waals surface area (Å²) in [6.07, 6.45) is 3.36. The van der Waals surface area contributed by atoms with E-state index in [4.69, 9.17) is 9.15 Å². The SMILES string of the molecule is CCNC(=NCCCNC(=O)c1occc1C)NCCOCCC(C)C. The molecule has 0 aliphatic carbocycles. The van der Waals surface area contributed by atoms with Crippen molar-refractivity contribution in [2.24, 2.45) is 10.9 Å². The van der Waals surface area contributed by atoms with E-state index in [0.717, 1.165) is 44.1 Å². The first-order chi connectivity index (χ1) is 12.5. The standard InChI is InChI=1S/C19H34N4O3/c1-5-20-19(23-11-14-25-12-7-15(2)3)22-10-6-9-21-18(24)17-16(4)8-13-26-17/h8,13,15H,5-7,9-12,14H2,1-4H3,(H,21,24)(H2,20,22,23). The van der Waals surface area contributed by atoms with Crippen LogP contribution in [0.15, 0.2) is 21.7 Å². The zero-order chi connectivity index (χ0) is 19.2. The van der Waals surface area contributed by atoms with Crippen molar-refractivity contribution in [2.45, 2.75) is 40.5 Å². The summed E-state index contributed by atoms with van der Waals surface area (Å²) >= 11 is 0. The summed E-state index contributed by atoms with van der Waals surface area (Å²) in [4.78, 5) is 16.4. The quantitative estimate of drug-likeness (QED) is 0.300. The van der Waals surface area contributed by atoms with Crippen LogP contribution in [0.25, 0.3) is 0 Å². The predicted molar refractivity (Wildman–Crippen MR) is 105 cm³/mol. The third kappa shape index (κ3) is 9.46. The Hall–Kier alpha value is -2.02. The van der Waals surface area contributed by atoms with E-state index in [2.05, 4.69) is 34.8 Å². The second-order valence-corrected chi connectivity index (χ2v) is 6.52. The molecule has 1 aromatic heterocycles. The molecule has 26 heavy (non-hydrogen) atoms. The molecule has 1 heterocycles. The fourth-order valence-electron chi connectivity index (χ4n) is 2.16. The lowest BCUT2D eigenvalue weighted by molar-refractivity contribution is 0.0925. The van der Waals surface area contributed by atoms with Gasteiger partial charge in [0.2, 0.25) is 0 Å². The topological polar surface area (TPSA) is 87.9 Å². The largest absolute Gasteiger partial charge is 0.459 e. The molecule has 0 fully saturated rings. The molecule has 0 spiro atoms. The van der Waals surface area contributed by atoms with Crippen molar-refractivity contribution in [2.75, 3.05) is 39.4 Å². The Morgan fingerprint density at radius 2 is 2.04 bits per heavy atom. The van der Waals surface area contributed by atoms with Crippen molar-refractivity contribution in [3.05, 3.63) is 23.7 Å². The number of guanidine groups is 1. The number of carbonyl (C=O) groups excluding carboxylic acids is 1. The zero-order valence-electron chi connectivity index (χ0n) is 16.6. The van der Waals surface area contributed by atoms with Crippen molar-refractivity contribution in [1.82, 2.24) is 16.0 Å². The summed E-state index contributed by atoms with van der Waals surface area (Å²) in [5.41, 5.74) is 0.842. The second-order valence-electron chi connectivity index (χ2n) is 6.52. The van der Waals surface area contributed by atoms with Crippen LogP contribution in [-0.2, 0) is 4.74 Å². The number of hydrogen-bond donors (Lipinski definition) is 3. The average molecular weight is 367 g/mol. The Kier molecular flexibility index (Phi) is 11.2. The number of nitrogens with zero attached hydrogens (tertiary/aromatic N) is 1. The van der Waals surface area contributed by atoms with Gasteiger partial charge >= 0.3 is 0 Å². The Bertz CT molecular complexity index is 541. The lowest BCUT2D eigenvalue weighted by Crippen LogP contribution is -2.39. The summed E-state index contributed by atoms with van der Waals surface area (Å²) in [6.45, 7) is 12.4. The molecule has 3 N–H and O–H groups in total.